The predicted molar refractivity (Wildman–Crippen MR) is 113 cm³/mol. The Labute approximate surface area is 170 Å². The number of nitrogens with zero attached hydrogens (tertiary/aromatic N) is 3. The van der Waals surface area contributed by atoms with E-state index in [0.29, 0.717) is 13.1 Å². The van der Waals surface area contributed by atoms with Gasteiger partial charge in [-0.3, -0.25) is 0 Å². The minimum Gasteiger partial charge on any atom is -0.508 e. The summed E-state index contributed by atoms with van der Waals surface area (Å²) in [5.74, 6) is 0.261. The molecule has 2 heterocycles. The van der Waals surface area contributed by atoms with Gasteiger partial charge in [0, 0.05) is 25.5 Å². The molecule has 1 aromatic heterocycles. The fourth-order valence-electron chi connectivity index (χ4n) is 3.51. The first-order chi connectivity index (χ1) is 14.1. The first kappa shape index (κ1) is 18.8. The molecule has 148 valence electrons. The van der Waals surface area contributed by atoms with Crippen LogP contribution in [0.15, 0.2) is 73.1 Å². The van der Waals surface area contributed by atoms with Gasteiger partial charge in [-0.1, -0.05) is 30.3 Å². The summed E-state index contributed by atoms with van der Waals surface area (Å²) in [5, 5.41) is 16.8. The lowest BCUT2D eigenvalue weighted by atomic mass is 9.99. The van der Waals surface area contributed by atoms with E-state index >= 15 is 0 Å². The molecule has 0 bridgehead atoms. The summed E-state index contributed by atoms with van der Waals surface area (Å²) in [6, 6.07) is 16.9. The Balaban J connectivity index is 1.38. The van der Waals surface area contributed by atoms with Crippen molar-refractivity contribution in [2.24, 2.45) is 0 Å². The molecule has 0 fully saturated rings. The topological polar surface area (TPSA) is 70.4 Å². The third kappa shape index (κ3) is 4.32. The number of aromatic hydroxyl groups is 1. The van der Waals surface area contributed by atoms with Gasteiger partial charge in [0.15, 0.2) is 0 Å². The number of carbonyl (C=O) groups is 1. The summed E-state index contributed by atoms with van der Waals surface area (Å²) >= 11 is 0. The number of carbonyl (C=O) groups excluding carboxylic acids is 1. The Kier molecular flexibility index (Phi) is 5.33. The van der Waals surface area contributed by atoms with Gasteiger partial charge in [0.2, 0.25) is 0 Å². The molecule has 2 N–H and O–H groups in total. The van der Waals surface area contributed by atoms with Crippen LogP contribution in [-0.4, -0.2) is 38.9 Å². The molecule has 0 radical (unpaired) electrons. The number of hydrogen-bond acceptors (Lipinski definition) is 3. The zero-order valence-corrected chi connectivity index (χ0v) is 16.3. The van der Waals surface area contributed by atoms with Crippen molar-refractivity contribution in [1.82, 2.24) is 20.0 Å². The number of benzene rings is 2. The number of rotatable bonds is 4. The third-order valence-corrected chi connectivity index (χ3v) is 5.21. The van der Waals surface area contributed by atoms with Crippen LogP contribution in [0.5, 0.6) is 5.75 Å². The van der Waals surface area contributed by atoms with Crippen molar-refractivity contribution in [2.45, 2.75) is 19.4 Å². The Bertz CT molecular complexity index is 1010. The Morgan fingerprint density at radius 2 is 2.00 bits per heavy atom. The molecule has 0 aliphatic carbocycles. The highest BCUT2D eigenvalue weighted by molar-refractivity contribution is 5.77. The van der Waals surface area contributed by atoms with E-state index < -0.39 is 0 Å². The van der Waals surface area contributed by atoms with E-state index in [9.17, 15) is 9.90 Å². The largest absolute Gasteiger partial charge is 0.508 e. The average Bonchev–Trinajstić information content (AvgIpc) is 3.29. The second-order valence-electron chi connectivity index (χ2n) is 7.19. The number of amides is 2. The molecule has 1 aliphatic rings. The van der Waals surface area contributed by atoms with Crippen molar-refractivity contribution in [3.8, 4) is 11.4 Å². The highest BCUT2D eigenvalue weighted by Gasteiger charge is 2.20. The van der Waals surface area contributed by atoms with Gasteiger partial charge in [0.05, 0.1) is 11.7 Å². The van der Waals surface area contributed by atoms with Gasteiger partial charge >= 0.3 is 6.03 Å². The molecule has 1 atom stereocenters. The molecule has 6 heteroatoms. The van der Waals surface area contributed by atoms with E-state index in [-0.39, 0.29) is 17.8 Å². The fourth-order valence-corrected chi connectivity index (χ4v) is 3.51. The predicted octanol–water partition coefficient (Wildman–Crippen LogP) is 4.14. The van der Waals surface area contributed by atoms with Crippen molar-refractivity contribution in [3.63, 3.8) is 0 Å². The molecule has 2 amide bonds. The van der Waals surface area contributed by atoms with Gasteiger partial charge in [-0.2, -0.15) is 5.10 Å². The van der Waals surface area contributed by atoms with E-state index in [4.69, 9.17) is 0 Å². The van der Waals surface area contributed by atoms with Gasteiger partial charge in [-0.05, 0) is 60.4 Å². The van der Waals surface area contributed by atoms with Crippen molar-refractivity contribution < 1.29 is 9.90 Å². The third-order valence-electron chi connectivity index (χ3n) is 5.21. The van der Waals surface area contributed by atoms with Crippen molar-refractivity contribution in [1.29, 1.82) is 0 Å². The summed E-state index contributed by atoms with van der Waals surface area (Å²) in [5.41, 5.74) is 4.29. The average molecular weight is 388 g/mol. The maximum Gasteiger partial charge on any atom is 0.318 e. The number of nitrogens with one attached hydrogen (secondary N) is 1. The molecule has 0 saturated heterocycles. The standard InChI is InChI=1S/C23H24N4O2/c1-17(20-4-2-5-21(16-20)27-13-3-12-24-27)25-23(29)26-14-10-19(11-15-26)18-6-8-22(28)9-7-18/h2-10,12-13,16-17,28H,11,14-15H2,1H3,(H,25,29). The van der Waals surface area contributed by atoms with Crippen LogP contribution in [0, 0.1) is 0 Å². The molecule has 29 heavy (non-hydrogen) atoms. The van der Waals surface area contributed by atoms with E-state index in [2.05, 4.69) is 16.5 Å². The van der Waals surface area contributed by atoms with Crippen LogP contribution in [0.4, 0.5) is 4.79 Å². The van der Waals surface area contributed by atoms with E-state index in [1.807, 2.05) is 60.5 Å². The quantitative estimate of drug-likeness (QED) is 0.706. The number of hydrogen-bond donors (Lipinski definition) is 2. The summed E-state index contributed by atoms with van der Waals surface area (Å²) in [6.07, 6.45) is 6.52. The fraction of sp³-hybridized carbons (Fsp3) is 0.217. The number of aromatic nitrogens is 2. The van der Waals surface area contributed by atoms with Gasteiger partial charge < -0.3 is 15.3 Å². The molecule has 1 unspecified atom stereocenters. The van der Waals surface area contributed by atoms with Gasteiger partial charge in [0.1, 0.15) is 5.75 Å². The maximum absolute atomic E-state index is 12.7. The monoisotopic (exact) mass is 388 g/mol. The first-order valence-corrected chi connectivity index (χ1v) is 9.74. The Morgan fingerprint density at radius 3 is 2.69 bits per heavy atom. The Morgan fingerprint density at radius 1 is 1.17 bits per heavy atom. The van der Waals surface area contributed by atoms with Crippen LogP contribution in [-0.2, 0) is 0 Å². The number of phenols is 1. The number of urea groups is 1. The van der Waals surface area contributed by atoms with Crippen LogP contribution in [0.1, 0.15) is 30.5 Å². The molecule has 2 aromatic carbocycles. The highest BCUT2D eigenvalue weighted by atomic mass is 16.3. The van der Waals surface area contributed by atoms with Crippen LogP contribution in [0.2, 0.25) is 0 Å². The minimum atomic E-state index is -0.111. The highest BCUT2D eigenvalue weighted by Crippen LogP contribution is 2.24. The van der Waals surface area contributed by atoms with Gasteiger partial charge in [-0.25, -0.2) is 9.48 Å². The summed E-state index contributed by atoms with van der Waals surface area (Å²) in [7, 11) is 0. The van der Waals surface area contributed by atoms with Crippen LogP contribution >= 0.6 is 0 Å². The van der Waals surface area contributed by atoms with Crippen LogP contribution in [0.25, 0.3) is 11.3 Å². The first-order valence-electron chi connectivity index (χ1n) is 9.74. The molecule has 0 saturated carbocycles. The smallest absolute Gasteiger partial charge is 0.318 e. The molecular formula is C23H24N4O2. The maximum atomic E-state index is 12.7. The van der Waals surface area contributed by atoms with Crippen molar-refractivity contribution >= 4 is 11.6 Å². The summed E-state index contributed by atoms with van der Waals surface area (Å²) in [6.45, 7) is 3.22. The van der Waals surface area contributed by atoms with Crippen LogP contribution < -0.4 is 5.32 Å². The lowest BCUT2D eigenvalue weighted by molar-refractivity contribution is 0.200. The summed E-state index contributed by atoms with van der Waals surface area (Å²) < 4.78 is 1.80. The van der Waals surface area contributed by atoms with E-state index in [1.54, 1.807) is 23.0 Å². The van der Waals surface area contributed by atoms with E-state index in [1.165, 1.54) is 5.57 Å². The van der Waals surface area contributed by atoms with E-state index in [0.717, 1.165) is 23.2 Å². The number of phenolic OH excluding ortho intramolecular Hbond substituents is 1. The molecule has 4 rings (SSSR count). The zero-order valence-electron chi connectivity index (χ0n) is 16.3. The molecule has 3 aromatic rings. The van der Waals surface area contributed by atoms with Crippen molar-refractivity contribution in [3.05, 3.63) is 84.2 Å². The molecule has 6 nitrogen and oxygen atoms in total. The van der Waals surface area contributed by atoms with Crippen LogP contribution in [0.3, 0.4) is 0 Å². The Hall–Kier alpha value is -3.54. The molecule has 1 aliphatic heterocycles. The second kappa shape index (κ2) is 8.22. The zero-order chi connectivity index (χ0) is 20.2. The van der Waals surface area contributed by atoms with Gasteiger partial charge in [-0.15, -0.1) is 0 Å². The second-order valence-corrected chi connectivity index (χ2v) is 7.19. The van der Waals surface area contributed by atoms with Gasteiger partial charge in [0.25, 0.3) is 0 Å². The summed E-state index contributed by atoms with van der Waals surface area (Å²) in [4.78, 5) is 14.5. The lowest BCUT2D eigenvalue weighted by Crippen LogP contribution is -2.43. The molecule has 0 spiro atoms. The SMILES string of the molecule is CC(NC(=O)N1CC=C(c2ccc(O)cc2)CC1)c1cccc(-n2cccn2)c1. The normalized spacial score (nSPS) is 14.9. The van der Waals surface area contributed by atoms with Crippen molar-refractivity contribution in [2.75, 3.05) is 13.1 Å². The minimum absolute atomic E-state index is 0.0667. The lowest BCUT2D eigenvalue weighted by Gasteiger charge is -2.28. The molecular weight excluding hydrogens is 364 g/mol.